The molecule has 5 nitrogen and oxygen atoms in total. The molecule has 2 heterocycles. The number of aliphatic hydroxyl groups excluding tert-OH is 1. The summed E-state index contributed by atoms with van der Waals surface area (Å²) in [6, 6.07) is -0.107. The lowest BCUT2D eigenvalue weighted by molar-refractivity contribution is -0.00238. The third-order valence-corrected chi connectivity index (χ3v) is 3.73. The second-order valence-electron chi connectivity index (χ2n) is 7.36. The number of ether oxygens (including phenoxy) is 2. The van der Waals surface area contributed by atoms with Crippen molar-refractivity contribution in [3.63, 3.8) is 0 Å². The van der Waals surface area contributed by atoms with Crippen LogP contribution in [0.25, 0.3) is 0 Å². The molecule has 1 N–H and O–H groups in total. The molecule has 0 aliphatic carbocycles. The maximum absolute atomic E-state index is 12.0. The van der Waals surface area contributed by atoms with E-state index in [9.17, 15) is 9.90 Å². The first kappa shape index (κ1) is 21.3. The largest absolute Gasteiger partial charge is 0.444 e. The molecule has 22 heavy (non-hydrogen) atoms. The fourth-order valence-electron chi connectivity index (χ4n) is 2.65. The van der Waals surface area contributed by atoms with Crippen molar-refractivity contribution in [3.05, 3.63) is 0 Å². The van der Waals surface area contributed by atoms with Crippen molar-refractivity contribution in [2.75, 3.05) is 19.8 Å². The summed E-state index contributed by atoms with van der Waals surface area (Å²) in [5, 5.41) is 9.27. The van der Waals surface area contributed by atoms with Crippen LogP contribution in [0.3, 0.4) is 0 Å². The Morgan fingerprint density at radius 1 is 1.32 bits per heavy atom. The molecule has 127 valence electrons. The van der Waals surface area contributed by atoms with Gasteiger partial charge >= 0.3 is 6.09 Å². The Bertz CT molecular complexity index is 330. The van der Waals surface area contributed by atoms with Gasteiger partial charge in [0.2, 0.25) is 0 Å². The molecule has 0 saturated carbocycles. The van der Waals surface area contributed by atoms with Gasteiger partial charge in [-0.25, -0.2) is 4.79 Å². The van der Waals surface area contributed by atoms with E-state index >= 15 is 0 Å². The highest BCUT2D eigenvalue weighted by Crippen LogP contribution is 2.34. The number of aliphatic hydroxyl groups is 1. The van der Waals surface area contributed by atoms with Crippen LogP contribution < -0.4 is 0 Å². The maximum atomic E-state index is 12.0. The fourth-order valence-corrected chi connectivity index (χ4v) is 2.65. The van der Waals surface area contributed by atoms with Gasteiger partial charge in [0.05, 0.1) is 12.6 Å². The van der Waals surface area contributed by atoms with Crippen molar-refractivity contribution in [3.8, 4) is 0 Å². The van der Waals surface area contributed by atoms with E-state index in [0.29, 0.717) is 0 Å². The summed E-state index contributed by atoms with van der Waals surface area (Å²) in [5.74, 6) is 0. The second-order valence-corrected chi connectivity index (χ2v) is 7.36. The number of likely N-dealkylation sites (tertiary alicyclic amines) is 1. The van der Waals surface area contributed by atoms with E-state index in [1.807, 2.05) is 34.6 Å². The third kappa shape index (κ3) is 6.57. The average molecular weight is 312 g/mol. The first-order chi connectivity index (χ1) is 9.67. The summed E-state index contributed by atoms with van der Waals surface area (Å²) in [6.07, 6.45) is 3.97. The molecule has 2 aliphatic heterocycles. The lowest BCUT2D eigenvalue weighted by atomic mass is 10.0. The molecule has 2 aliphatic rings. The molecule has 0 aromatic heterocycles. The molecule has 1 amide bonds. The lowest BCUT2D eigenvalue weighted by Gasteiger charge is -2.36. The zero-order valence-corrected chi connectivity index (χ0v) is 14.7. The molecule has 2 fully saturated rings. The topological polar surface area (TPSA) is 59.0 Å². The van der Waals surface area contributed by atoms with Gasteiger partial charge in [-0.1, -0.05) is 0 Å². The molecule has 0 aromatic carbocycles. The van der Waals surface area contributed by atoms with E-state index in [-0.39, 0.29) is 32.7 Å². The second kappa shape index (κ2) is 8.77. The van der Waals surface area contributed by atoms with E-state index in [0.717, 1.165) is 26.1 Å². The zero-order chi connectivity index (χ0) is 16.1. The van der Waals surface area contributed by atoms with Crippen molar-refractivity contribution in [2.45, 2.75) is 77.5 Å². The highest BCUT2D eigenvalue weighted by Gasteiger charge is 2.43. The van der Waals surface area contributed by atoms with Crippen LogP contribution in [0.2, 0.25) is 0 Å². The summed E-state index contributed by atoms with van der Waals surface area (Å²) in [7, 11) is 0. The van der Waals surface area contributed by atoms with Gasteiger partial charge < -0.3 is 14.6 Å². The Balaban J connectivity index is 0.000000622. The number of amides is 1. The molecule has 0 bridgehead atoms. The van der Waals surface area contributed by atoms with Crippen LogP contribution >= 0.6 is 0 Å². The standard InChI is InChI=1S/C12H23NO3.C4H8O.B/c1-11(2,3)16-10(15)13-9(8-14)6-7-12(13,4)5;1-2-4-5-3-1;/h9,14H,6-8H2,1-5H3;1-4H2;/t9-;;/m1../s1. The van der Waals surface area contributed by atoms with Gasteiger partial charge in [0, 0.05) is 27.2 Å². The Morgan fingerprint density at radius 2 is 1.86 bits per heavy atom. The normalized spacial score (nSPS) is 23.4. The molecule has 6 heteroatoms. The predicted molar refractivity (Wildman–Crippen MR) is 88.1 cm³/mol. The Labute approximate surface area is 136 Å². The van der Waals surface area contributed by atoms with Crippen molar-refractivity contribution >= 4 is 14.5 Å². The van der Waals surface area contributed by atoms with Crippen molar-refractivity contribution in [2.24, 2.45) is 0 Å². The molecule has 2 saturated heterocycles. The number of rotatable bonds is 1. The van der Waals surface area contributed by atoms with Gasteiger partial charge in [-0.3, -0.25) is 4.90 Å². The number of hydrogen-bond acceptors (Lipinski definition) is 4. The van der Waals surface area contributed by atoms with Gasteiger partial charge in [-0.05, 0) is 60.3 Å². The lowest BCUT2D eigenvalue weighted by Crippen LogP contribution is -2.50. The molecule has 0 aromatic rings. The van der Waals surface area contributed by atoms with Crippen molar-refractivity contribution < 1.29 is 19.4 Å². The molecule has 0 unspecified atom stereocenters. The average Bonchev–Trinajstić information content (AvgIpc) is 2.96. The Kier molecular flexibility index (Phi) is 8.48. The van der Waals surface area contributed by atoms with E-state index in [1.54, 1.807) is 4.90 Å². The summed E-state index contributed by atoms with van der Waals surface area (Å²) >= 11 is 0. The van der Waals surface area contributed by atoms with Crippen LogP contribution in [-0.2, 0) is 9.47 Å². The third-order valence-electron chi connectivity index (χ3n) is 3.73. The van der Waals surface area contributed by atoms with E-state index < -0.39 is 5.60 Å². The van der Waals surface area contributed by atoms with E-state index in [4.69, 9.17) is 9.47 Å². The van der Waals surface area contributed by atoms with Gasteiger partial charge in [-0.15, -0.1) is 0 Å². The minimum Gasteiger partial charge on any atom is -0.444 e. The summed E-state index contributed by atoms with van der Waals surface area (Å²) in [4.78, 5) is 13.7. The van der Waals surface area contributed by atoms with Crippen LogP contribution in [-0.4, -0.2) is 61.5 Å². The van der Waals surface area contributed by atoms with Crippen LogP contribution in [0.4, 0.5) is 4.79 Å². The molecular weight excluding hydrogens is 281 g/mol. The van der Waals surface area contributed by atoms with Crippen LogP contribution in [0.1, 0.15) is 60.3 Å². The SMILES string of the molecule is C1CCOC1.CC(C)(C)OC(=O)N1[C@@H](CO)CCC1(C)C.[B]. The number of carbonyl (C=O) groups is 1. The van der Waals surface area contributed by atoms with Gasteiger partial charge in [0.15, 0.2) is 0 Å². The highest BCUT2D eigenvalue weighted by molar-refractivity contribution is 5.75. The summed E-state index contributed by atoms with van der Waals surface area (Å²) in [5.41, 5.74) is -0.717. The summed E-state index contributed by atoms with van der Waals surface area (Å²) < 4.78 is 10.3. The van der Waals surface area contributed by atoms with Crippen molar-refractivity contribution in [1.29, 1.82) is 0 Å². The molecular formula is C16H31BNO4. The maximum Gasteiger partial charge on any atom is 0.411 e. The van der Waals surface area contributed by atoms with Crippen LogP contribution in [0.15, 0.2) is 0 Å². The minimum absolute atomic E-state index is 0. The van der Waals surface area contributed by atoms with E-state index in [1.165, 1.54) is 12.8 Å². The number of carbonyl (C=O) groups excluding carboxylic acids is 1. The highest BCUT2D eigenvalue weighted by atomic mass is 16.6. The zero-order valence-electron chi connectivity index (χ0n) is 14.7. The van der Waals surface area contributed by atoms with Crippen LogP contribution in [0.5, 0.6) is 0 Å². The Hall–Kier alpha value is -0.745. The predicted octanol–water partition coefficient (Wildman–Crippen LogP) is 2.57. The molecule has 0 spiro atoms. The minimum atomic E-state index is -0.490. The van der Waals surface area contributed by atoms with Gasteiger partial charge in [0.1, 0.15) is 5.60 Å². The summed E-state index contributed by atoms with van der Waals surface area (Å²) in [6.45, 7) is 11.6. The first-order valence-electron chi connectivity index (χ1n) is 7.88. The Morgan fingerprint density at radius 3 is 2.23 bits per heavy atom. The van der Waals surface area contributed by atoms with Gasteiger partial charge in [0.25, 0.3) is 0 Å². The molecule has 2 rings (SSSR count). The quantitative estimate of drug-likeness (QED) is 0.756. The number of hydrogen-bond donors (Lipinski definition) is 1. The van der Waals surface area contributed by atoms with Crippen LogP contribution in [0, 0.1) is 0 Å². The monoisotopic (exact) mass is 312 g/mol. The van der Waals surface area contributed by atoms with Crippen molar-refractivity contribution in [1.82, 2.24) is 4.90 Å². The number of nitrogens with zero attached hydrogens (tertiary/aromatic N) is 1. The fraction of sp³-hybridized carbons (Fsp3) is 0.938. The molecule has 1 atom stereocenters. The van der Waals surface area contributed by atoms with Gasteiger partial charge in [-0.2, -0.15) is 0 Å². The smallest absolute Gasteiger partial charge is 0.411 e. The molecule has 3 radical (unpaired) electrons. The first-order valence-corrected chi connectivity index (χ1v) is 7.88. The van der Waals surface area contributed by atoms with E-state index in [2.05, 4.69) is 0 Å².